The number of benzene rings is 1. The first-order chi connectivity index (χ1) is 8.20. The van der Waals surface area contributed by atoms with Gasteiger partial charge in [-0.15, -0.1) is 0 Å². The number of hydrogen-bond acceptors (Lipinski definition) is 1. The molecule has 94 valence electrons. The quantitative estimate of drug-likeness (QED) is 0.832. The molecular weight excluding hydrogens is 213 g/mol. The van der Waals surface area contributed by atoms with Crippen LogP contribution in [0.5, 0.6) is 0 Å². The number of aryl methyl sites for hydroxylation is 1. The van der Waals surface area contributed by atoms with Crippen LogP contribution in [0.2, 0.25) is 0 Å². The molecule has 0 heterocycles. The van der Waals surface area contributed by atoms with Crippen molar-refractivity contribution in [2.24, 2.45) is 5.92 Å². The molecule has 0 spiro atoms. The maximum atomic E-state index is 13.9. The van der Waals surface area contributed by atoms with Crippen LogP contribution in [0, 0.1) is 18.7 Å². The molecule has 0 aromatic heterocycles. The molecule has 0 bridgehead atoms. The van der Waals surface area contributed by atoms with E-state index in [0.717, 1.165) is 23.5 Å². The molecule has 0 amide bonds. The van der Waals surface area contributed by atoms with E-state index in [-0.39, 0.29) is 11.9 Å². The van der Waals surface area contributed by atoms with E-state index in [1.165, 1.54) is 25.7 Å². The summed E-state index contributed by atoms with van der Waals surface area (Å²) in [5.74, 6) is 0.704. The van der Waals surface area contributed by atoms with Crippen LogP contribution in [0.25, 0.3) is 0 Å². The summed E-state index contributed by atoms with van der Waals surface area (Å²) in [5.41, 5.74) is 1.81. The van der Waals surface area contributed by atoms with E-state index in [2.05, 4.69) is 5.32 Å². The molecule has 1 aliphatic rings. The van der Waals surface area contributed by atoms with Crippen molar-refractivity contribution < 1.29 is 4.39 Å². The van der Waals surface area contributed by atoms with Gasteiger partial charge in [-0.2, -0.15) is 0 Å². The predicted octanol–water partition coefficient (Wildman–Crippen LogP) is 3.97. The third-order valence-corrected chi connectivity index (χ3v) is 3.92. The Labute approximate surface area is 103 Å². The first-order valence-electron chi connectivity index (χ1n) is 6.64. The molecule has 2 heteroatoms. The fraction of sp³-hybridized carbons (Fsp3) is 0.600. The fourth-order valence-corrected chi connectivity index (χ4v) is 2.89. The van der Waals surface area contributed by atoms with Crippen LogP contribution in [0.4, 0.5) is 4.39 Å². The van der Waals surface area contributed by atoms with Gasteiger partial charge in [0.1, 0.15) is 5.82 Å². The Hall–Kier alpha value is -0.890. The van der Waals surface area contributed by atoms with Crippen LogP contribution < -0.4 is 5.32 Å². The van der Waals surface area contributed by atoms with Crippen LogP contribution in [-0.2, 0) is 0 Å². The summed E-state index contributed by atoms with van der Waals surface area (Å²) in [6, 6.07) is 5.73. The van der Waals surface area contributed by atoms with Crippen LogP contribution in [0.15, 0.2) is 18.2 Å². The van der Waals surface area contributed by atoms with Gasteiger partial charge in [-0.25, -0.2) is 4.39 Å². The predicted molar refractivity (Wildman–Crippen MR) is 69.5 cm³/mol. The van der Waals surface area contributed by atoms with Crippen molar-refractivity contribution in [3.63, 3.8) is 0 Å². The zero-order chi connectivity index (χ0) is 12.3. The average Bonchev–Trinajstić information content (AvgIpc) is 2.79. The van der Waals surface area contributed by atoms with Gasteiger partial charge in [-0.1, -0.05) is 37.8 Å². The largest absolute Gasteiger partial charge is 0.313 e. The number of rotatable bonds is 4. The minimum atomic E-state index is -0.0673. The fourth-order valence-electron chi connectivity index (χ4n) is 2.89. The van der Waals surface area contributed by atoms with E-state index in [1.807, 2.05) is 26.1 Å². The van der Waals surface area contributed by atoms with Gasteiger partial charge in [0.15, 0.2) is 0 Å². The molecular formula is C15H22FN. The normalized spacial score (nSPS) is 18.5. The molecule has 1 aliphatic carbocycles. The summed E-state index contributed by atoms with van der Waals surface area (Å²) in [4.78, 5) is 0. The second kappa shape index (κ2) is 5.63. The maximum Gasteiger partial charge on any atom is 0.128 e. The lowest BCUT2D eigenvalue weighted by Crippen LogP contribution is -2.20. The summed E-state index contributed by atoms with van der Waals surface area (Å²) in [6.45, 7) is 1.93. The topological polar surface area (TPSA) is 12.0 Å². The number of hydrogen-bond donors (Lipinski definition) is 1. The molecule has 0 radical (unpaired) electrons. The Bertz CT molecular complexity index is 369. The van der Waals surface area contributed by atoms with Crippen molar-refractivity contribution in [1.29, 1.82) is 0 Å². The Morgan fingerprint density at radius 3 is 2.65 bits per heavy atom. The zero-order valence-electron chi connectivity index (χ0n) is 10.8. The van der Waals surface area contributed by atoms with Gasteiger partial charge < -0.3 is 5.32 Å². The van der Waals surface area contributed by atoms with Gasteiger partial charge in [0.2, 0.25) is 0 Å². The van der Waals surface area contributed by atoms with Crippen LogP contribution in [0.1, 0.15) is 49.3 Å². The molecule has 17 heavy (non-hydrogen) atoms. The van der Waals surface area contributed by atoms with Gasteiger partial charge in [0.25, 0.3) is 0 Å². The first kappa shape index (κ1) is 12.6. The van der Waals surface area contributed by atoms with E-state index in [4.69, 9.17) is 0 Å². The van der Waals surface area contributed by atoms with Crippen molar-refractivity contribution in [3.05, 3.63) is 35.1 Å². The molecule has 1 aromatic rings. The SMILES string of the molecule is CNC(CC1CCCC1)c1ccc(C)cc1F. The molecule has 1 nitrogen and oxygen atoms in total. The van der Waals surface area contributed by atoms with Crippen molar-refractivity contribution in [1.82, 2.24) is 5.32 Å². The number of halogens is 1. The Morgan fingerprint density at radius 2 is 2.06 bits per heavy atom. The zero-order valence-corrected chi connectivity index (χ0v) is 10.8. The van der Waals surface area contributed by atoms with E-state index < -0.39 is 0 Å². The summed E-state index contributed by atoms with van der Waals surface area (Å²) >= 11 is 0. The average molecular weight is 235 g/mol. The summed E-state index contributed by atoms with van der Waals surface area (Å²) < 4.78 is 13.9. The third-order valence-electron chi connectivity index (χ3n) is 3.92. The van der Waals surface area contributed by atoms with E-state index in [9.17, 15) is 4.39 Å². The molecule has 1 aromatic carbocycles. The maximum absolute atomic E-state index is 13.9. The molecule has 2 rings (SSSR count). The minimum absolute atomic E-state index is 0.0673. The van der Waals surface area contributed by atoms with E-state index in [1.54, 1.807) is 6.07 Å². The second-order valence-corrected chi connectivity index (χ2v) is 5.25. The molecule has 1 saturated carbocycles. The Balaban J connectivity index is 2.10. The van der Waals surface area contributed by atoms with Crippen molar-refractivity contribution >= 4 is 0 Å². The Morgan fingerprint density at radius 1 is 1.35 bits per heavy atom. The lowest BCUT2D eigenvalue weighted by Gasteiger charge is -2.21. The molecule has 0 aliphatic heterocycles. The highest BCUT2D eigenvalue weighted by atomic mass is 19.1. The highest BCUT2D eigenvalue weighted by molar-refractivity contribution is 5.26. The smallest absolute Gasteiger partial charge is 0.128 e. The highest BCUT2D eigenvalue weighted by Gasteiger charge is 2.22. The second-order valence-electron chi connectivity index (χ2n) is 5.25. The lowest BCUT2D eigenvalue weighted by atomic mass is 9.93. The first-order valence-corrected chi connectivity index (χ1v) is 6.64. The van der Waals surface area contributed by atoms with Gasteiger partial charge in [-0.3, -0.25) is 0 Å². The van der Waals surface area contributed by atoms with Gasteiger partial charge >= 0.3 is 0 Å². The lowest BCUT2D eigenvalue weighted by molar-refractivity contribution is 0.403. The highest BCUT2D eigenvalue weighted by Crippen LogP contribution is 2.33. The molecule has 1 N–H and O–H groups in total. The Kier molecular flexibility index (Phi) is 4.16. The summed E-state index contributed by atoms with van der Waals surface area (Å²) in [6.07, 6.45) is 6.38. The van der Waals surface area contributed by atoms with Crippen LogP contribution in [0.3, 0.4) is 0 Å². The van der Waals surface area contributed by atoms with Gasteiger partial charge in [0, 0.05) is 11.6 Å². The number of nitrogens with one attached hydrogen (secondary N) is 1. The van der Waals surface area contributed by atoms with E-state index >= 15 is 0 Å². The summed E-state index contributed by atoms with van der Waals surface area (Å²) in [5, 5.41) is 3.27. The molecule has 1 atom stereocenters. The van der Waals surface area contributed by atoms with Crippen molar-refractivity contribution in [2.45, 2.75) is 45.1 Å². The molecule has 0 saturated heterocycles. The molecule has 1 unspecified atom stereocenters. The van der Waals surface area contributed by atoms with Gasteiger partial charge in [0.05, 0.1) is 0 Å². The summed E-state index contributed by atoms with van der Waals surface area (Å²) in [7, 11) is 1.93. The van der Waals surface area contributed by atoms with Crippen molar-refractivity contribution in [2.75, 3.05) is 7.05 Å². The minimum Gasteiger partial charge on any atom is -0.313 e. The monoisotopic (exact) mass is 235 g/mol. The standard InChI is InChI=1S/C15H22FN/c1-11-7-8-13(14(16)9-11)15(17-2)10-12-5-3-4-6-12/h7-9,12,15,17H,3-6,10H2,1-2H3. The van der Waals surface area contributed by atoms with E-state index in [0.29, 0.717) is 0 Å². The van der Waals surface area contributed by atoms with Gasteiger partial charge in [-0.05, 0) is 37.9 Å². The molecule has 1 fully saturated rings. The third kappa shape index (κ3) is 3.06. The van der Waals surface area contributed by atoms with Crippen LogP contribution >= 0.6 is 0 Å². The van der Waals surface area contributed by atoms with Crippen LogP contribution in [-0.4, -0.2) is 7.05 Å². The van der Waals surface area contributed by atoms with Crippen molar-refractivity contribution in [3.8, 4) is 0 Å².